The molecule has 0 fully saturated rings. The van der Waals surface area contributed by atoms with Crippen molar-refractivity contribution in [1.29, 1.82) is 0 Å². The van der Waals surface area contributed by atoms with Gasteiger partial charge >= 0.3 is 0 Å². The Hall–Kier alpha value is -0.120. The molecule has 3 N–H and O–H groups in total. The largest absolute Gasteiger partial charge is 0.393 e. The molecule has 3 nitrogen and oxygen atoms in total. The molecule has 0 saturated carbocycles. The van der Waals surface area contributed by atoms with Crippen molar-refractivity contribution in [3.05, 3.63) is 0 Å². The second-order valence-corrected chi connectivity index (χ2v) is 4.03. The number of hydrogen-bond acceptors (Lipinski definition) is 3. The second kappa shape index (κ2) is 5.58. The molecule has 0 aromatic carbocycles. The normalized spacial score (nSPS) is 20.8. The zero-order valence-corrected chi connectivity index (χ0v) is 8.82. The Morgan fingerprint density at radius 2 is 1.31 bits per heavy atom. The van der Waals surface area contributed by atoms with E-state index in [0.29, 0.717) is 25.7 Å². The maximum atomic E-state index is 9.80. The van der Waals surface area contributed by atoms with E-state index >= 15 is 0 Å². The standard InChI is InChI=1S/C10H22O3/c1-4-8(11)6-10(3,13)7-9(12)5-2/h8-9,11-13H,4-7H2,1-3H3. The molecule has 3 heteroatoms. The van der Waals surface area contributed by atoms with Gasteiger partial charge in [0.05, 0.1) is 17.8 Å². The van der Waals surface area contributed by atoms with Crippen LogP contribution in [0.25, 0.3) is 0 Å². The van der Waals surface area contributed by atoms with E-state index in [1.54, 1.807) is 6.92 Å². The van der Waals surface area contributed by atoms with Crippen LogP contribution < -0.4 is 0 Å². The predicted molar refractivity (Wildman–Crippen MR) is 52.5 cm³/mol. The average Bonchev–Trinajstić information content (AvgIpc) is 2.02. The lowest BCUT2D eigenvalue weighted by Gasteiger charge is -2.27. The molecule has 0 radical (unpaired) electrons. The molecule has 13 heavy (non-hydrogen) atoms. The predicted octanol–water partition coefficient (Wildman–Crippen LogP) is 1.06. The fourth-order valence-electron chi connectivity index (χ4n) is 1.39. The average molecular weight is 190 g/mol. The molecule has 0 aliphatic carbocycles. The SMILES string of the molecule is CCC(O)CC(C)(O)CC(O)CC. The quantitative estimate of drug-likeness (QED) is 0.587. The van der Waals surface area contributed by atoms with E-state index < -0.39 is 17.8 Å². The van der Waals surface area contributed by atoms with E-state index in [1.165, 1.54) is 0 Å². The first kappa shape index (κ1) is 12.9. The van der Waals surface area contributed by atoms with Crippen LogP contribution in [-0.4, -0.2) is 33.1 Å². The van der Waals surface area contributed by atoms with E-state index in [-0.39, 0.29) is 0 Å². The maximum absolute atomic E-state index is 9.80. The van der Waals surface area contributed by atoms with Gasteiger partial charge in [-0.2, -0.15) is 0 Å². The van der Waals surface area contributed by atoms with Crippen LogP contribution in [0.15, 0.2) is 0 Å². The van der Waals surface area contributed by atoms with E-state index in [0.717, 1.165) is 0 Å². The van der Waals surface area contributed by atoms with Gasteiger partial charge in [-0.3, -0.25) is 0 Å². The lowest BCUT2D eigenvalue weighted by molar-refractivity contribution is -0.0329. The molecule has 2 atom stereocenters. The molecule has 2 unspecified atom stereocenters. The third-order valence-electron chi connectivity index (χ3n) is 2.29. The number of hydrogen-bond donors (Lipinski definition) is 3. The summed E-state index contributed by atoms with van der Waals surface area (Å²) >= 11 is 0. The van der Waals surface area contributed by atoms with Crippen molar-refractivity contribution in [2.45, 2.75) is 64.3 Å². The molecule has 80 valence electrons. The number of aliphatic hydroxyl groups excluding tert-OH is 2. The van der Waals surface area contributed by atoms with Gasteiger partial charge in [-0.05, 0) is 19.8 Å². The monoisotopic (exact) mass is 190 g/mol. The summed E-state index contributed by atoms with van der Waals surface area (Å²) in [5, 5.41) is 28.5. The van der Waals surface area contributed by atoms with Crippen LogP contribution in [0.1, 0.15) is 46.5 Å². The molecule has 0 spiro atoms. The van der Waals surface area contributed by atoms with Crippen molar-refractivity contribution in [2.24, 2.45) is 0 Å². The fraction of sp³-hybridized carbons (Fsp3) is 1.00. The van der Waals surface area contributed by atoms with Crippen LogP contribution in [-0.2, 0) is 0 Å². The lowest BCUT2D eigenvalue weighted by Crippen LogP contribution is -2.33. The summed E-state index contributed by atoms with van der Waals surface area (Å²) in [4.78, 5) is 0. The smallest absolute Gasteiger partial charge is 0.0668 e. The molecule has 0 aliphatic heterocycles. The summed E-state index contributed by atoms with van der Waals surface area (Å²) in [7, 11) is 0. The zero-order valence-electron chi connectivity index (χ0n) is 8.82. The van der Waals surface area contributed by atoms with E-state index in [9.17, 15) is 15.3 Å². The molecule has 0 rings (SSSR count). The summed E-state index contributed by atoms with van der Waals surface area (Å²) in [6, 6.07) is 0. The highest BCUT2D eigenvalue weighted by atomic mass is 16.3. The number of aliphatic hydroxyl groups is 3. The molecule has 0 heterocycles. The first-order valence-corrected chi connectivity index (χ1v) is 4.99. The van der Waals surface area contributed by atoms with Gasteiger partial charge in [0.25, 0.3) is 0 Å². The minimum absolute atomic E-state index is 0.334. The van der Waals surface area contributed by atoms with Crippen molar-refractivity contribution in [1.82, 2.24) is 0 Å². The van der Waals surface area contributed by atoms with Gasteiger partial charge in [-0.15, -0.1) is 0 Å². The molecule has 0 aromatic rings. The first-order valence-electron chi connectivity index (χ1n) is 4.99. The van der Waals surface area contributed by atoms with Crippen molar-refractivity contribution < 1.29 is 15.3 Å². The Labute approximate surface area is 80.4 Å². The Morgan fingerprint density at radius 1 is 1.00 bits per heavy atom. The summed E-state index contributed by atoms with van der Waals surface area (Å²) in [6.07, 6.45) is 0.996. The molecule has 0 aromatic heterocycles. The van der Waals surface area contributed by atoms with Crippen molar-refractivity contribution in [3.8, 4) is 0 Å². The third kappa shape index (κ3) is 6.02. The third-order valence-corrected chi connectivity index (χ3v) is 2.29. The van der Waals surface area contributed by atoms with Gasteiger partial charge in [0.2, 0.25) is 0 Å². The summed E-state index contributed by atoms with van der Waals surface area (Å²) < 4.78 is 0. The molecule has 0 aliphatic rings. The molecule has 0 saturated heterocycles. The molecule has 0 bridgehead atoms. The van der Waals surface area contributed by atoms with Crippen LogP contribution in [0, 0.1) is 0 Å². The van der Waals surface area contributed by atoms with Gasteiger partial charge < -0.3 is 15.3 Å². The van der Waals surface area contributed by atoms with E-state index in [2.05, 4.69) is 0 Å². The lowest BCUT2D eigenvalue weighted by atomic mass is 9.90. The molecule has 0 amide bonds. The van der Waals surface area contributed by atoms with Gasteiger partial charge in [-0.25, -0.2) is 0 Å². The Balaban J connectivity index is 3.92. The van der Waals surface area contributed by atoms with Crippen LogP contribution in [0.2, 0.25) is 0 Å². The van der Waals surface area contributed by atoms with Crippen LogP contribution in [0.4, 0.5) is 0 Å². The second-order valence-electron chi connectivity index (χ2n) is 4.03. The topological polar surface area (TPSA) is 60.7 Å². The van der Waals surface area contributed by atoms with Crippen LogP contribution in [0.3, 0.4) is 0 Å². The Kier molecular flexibility index (Phi) is 5.53. The fourth-order valence-corrected chi connectivity index (χ4v) is 1.39. The highest BCUT2D eigenvalue weighted by Gasteiger charge is 2.26. The van der Waals surface area contributed by atoms with Gasteiger partial charge in [0, 0.05) is 12.8 Å². The van der Waals surface area contributed by atoms with Gasteiger partial charge in [0.15, 0.2) is 0 Å². The Morgan fingerprint density at radius 3 is 1.54 bits per heavy atom. The van der Waals surface area contributed by atoms with Crippen LogP contribution in [0.5, 0.6) is 0 Å². The van der Waals surface area contributed by atoms with Crippen molar-refractivity contribution in [3.63, 3.8) is 0 Å². The van der Waals surface area contributed by atoms with Gasteiger partial charge in [0.1, 0.15) is 0 Å². The summed E-state index contributed by atoms with van der Waals surface area (Å²) in [6.45, 7) is 5.40. The van der Waals surface area contributed by atoms with Crippen LogP contribution >= 0.6 is 0 Å². The minimum atomic E-state index is -0.954. The van der Waals surface area contributed by atoms with E-state index in [4.69, 9.17) is 0 Å². The summed E-state index contributed by atoms with van der Waals surface area (Å²) in [5.41, 5.74) is -0.954. The first-order chi connectivity index (χ1) is 5.91. The molecular formula is C10H22O3. The maximum Gasteiger partial charge on any atom is 0.0668 e. The Bertz CT molecular complexity index is 120. The minimum Gasteiger partial charge on any atom is -0.393 e. The molecular weight excluding hydrogens is 168 g/mol. The van der Waals surface area contributed by atoms with Crippen molar-refractivity contribution >= 4 is 0 Å². The highest BCUT2D eigenvalue weighted by molar-refractivity contribution is 4.78. The number of rotatable bonds is 6. The highest BCUT2D eigenvalue weighted by Crippen LogP contribution is 2.21. The summed E-state index contributed by atoms with van der Waals surface area (Å²) in [5.74, 6) is 0. The van der Waals surface area contributed by atoms with Gasteiger partial charge in [-0.1, -0.05) is 13.8 Å². The zero-order chi connectivity index (χ0) is 10.5. The van der Waals surface area contributed by atoms with E-state index in [1.807, 2.05) is 13.8 Å². The van der Waals surface area contributed by atoms with Crippen molar-refractivity contribution in [2.75, 3.05) is 0 Å².